The molecule has 0 spiro atoms. The second-order valence-electron chi connectivity index (χ2n) is 4.07. The average molecular weight is 289 g/mol. The van der Waals surface area contributed by atoms with Crippen molar-refractivity contribution in [2.75, 3.05) is 19.5 Å². The van der Waals surface area contributed by atoms with Crippen LogP contribution in [-0.2, 0) is 0 Å². The number of hydrogen-bond donors (Lipinski definition) is 2. The third-order valence-corrected chi connectivity index (χ3v) is 3.08. The fourth-order valence-electron chi connectivity index (χ4n) is 1.72. The van der Waals surface area contributed by atoms with E-state index in [4.69, 9.17) is 9.47 Å². The third-order valence-electron chi connectivity index (χ3n) is 2.78. The quantitative estimate of drug-likeness (QED) is 0.849. The summed E-state index contributed by atoms with van der Waals surface area (Å²) in [7, 11) is 3.12. The van der Waals surface area contributed by atoms with E-state index >= 15 is 0 Å². The minimum atomic E-state index is -0.218. The van der Waals surface area contributed by atoms with E-state index in [9.17, 15) is 4.79 Å². The molecule has 2 aromatic carbocycles. The lowest BCUT2D eigenvalue weighted by Gasteiger charge is -2.11. The maximum atomic E-state index is 12.2. The summed E-state index contributed by atoms with van der Waals surface area (Å²) >= 11 is 4.19. The predicted molar refractivity (Wildman–Crippen MR) is 81.2 cm³/mol. The maximum Gasteiger partial charge on any atom is 0.255 e. The highest BCUT2D eigenvalue weighted by Crippen LogP contribution is 2.29. The van der Waals surface area contributed by atoms with Gasteiger partial charge in [-0.25, -0.2) is 0 Å². The van der Waals surface area contributed by atoms with Gasteiger partial charge in [-0.05, 0) is 36.4 Å². The van der Waals surface area contributed by atoms with E-state index in [-0.39, 0.29) is 5.91 Å². The molecule has 1 N–H and O–H groups in total. The fraction of sp³-hybridized carbons (Fsp3) is 0.133. The SMILES string of the molecule is COc1ccc(OC)c(NC(=O)c2ccc(S)cc2)c1. The molecular weight excluding hydrogens is 274 g/mol. The van der Waals surface area contributed by atoms with Crippen molar-refractivity contribution in [1.82, 2.24) is 0 Å². The first-order valence-corrected chi connectivity index (χ1v) is 6.41. The Bertz CT molecular complexity index is 611. The lowest BCUT2D eigenvalue weighted by molar-refractivity contribution is 0.102. The summed E-state index contributed by atoms with van der Waals surface area (Å²) < 4.78 is 10.4. The van der Waals surface area contributed by atoms with Crippen molar-refractivity contribution >= 4 is 24.2 Å². The van der Waals surface area contributed by atoms with Gasteiger partial charge in [-0.1, -0.05) is 0 Å². The zero-order chi connectivity index (χ0) is 14.5. The molecule has 2 aromatic rings. The first-order valence-electron chi connectivity index (χ1n) is 5.96. The summed E-state index contributed by atoms with van der Waals surface area (Å²) in [5.41, 5.74) is 1.11. The summed E-state index contributed by atoms with van der Waals surface area (Å²) in [6.45, 7) is 0. The smallest absolute Gasteiger partial charge is 0.255 e. The van der Waals surface area contributed by atoms with Gasteiger partial charge in [0.1, 0.15) is 11.5 Å². The maximum absolute atomic E-state index is 12.2. The molecule has 0 bridgehead atoms. The monoisotopic (exact) mass is 289 g/mol. The Balaban J connectivity index is 2.24. The van der Waals surface area contributed by atoms with Crippen LogP contribution in [0.3, 0.4) is 0 Å². The van der Waals surface area contributed by atoms with Gasteiger partial charge in [-0.2, -0.15) is 0 Å². The molecule has 0 aliphatic carbocycles. The Labute approximate surface area is 123 Å². The van der Waals surface area contributed by atoms with E-state index in [0.717, 1.165) is 4.90 Å². The van der Waals surface area contributed by atoms with E-state index in [1.165, 1.54) is 0 Å². The minimum absolute atomic E-state index is 0.218. The normalized spacial score (nSPS) is 9.95. The van der Waals surface area contributed by atoms with E-state index in [1.54, 1.807) is 56.7 Å². The number of benzene rings is 2. The molecule has 0 unspecified atom stereocenters. The van der Waals surface area contributed by atoms with Crippen LogP contribution in [0.4, 0.5) is 5.69 Å². The number of amides is 1. The average Bonchev–Trinajstić information content (AvgIpc) is 2.47. The fourth-order valence-corrected chi connectivity index (χ4v) is 1.87. The minimum Gasteiger partial charge on any atom is -0.497 e. The van der Waals surface area contributed by atoms with E-state index < -0.39 is 0 Å². The summed E-state index contributed by atoms with van der Waals surface area (Å²) in [5.74, 6) is 1.00. The van der Waals surface area contributed by atoms with Gasteiger partial charge in [0.2, 0.25) is 0 Å². The lowest BCUT2D eigenvalue weighted by atomic mass is 10.2. The first kappa shape index (κ1) is 14.3. The van der Waals surface area contributed by atoms with Crippen LogP contribution in [0.1, 0.15) is 10.4 Å². The van der Waals surface area contributed by atoms with Crippen molar-refractivity contribution in [3.05, 3.63) is 48.0 Å². The van der Waals surface area contributed by atoms with Crippen LogP contribution in [0.15, 0.2) is 47.4 Å². The summed E-state index contributed by atoms with van der Waals surface area (Å²) in [6, 6.07) is 12.2. The molecule has 0 saturated heterocycles. The molecule has 5 heteroatoms. The summed E-state index contributed by atoms with van der Waals surface area (Å²) in [4.78, 5) is 13.0. The second kappa shape index (κ2) is 6.34. The van der Waals surface area contributed by atoms with E-state index in [2.05, 4.69) is 17.9 Å². The van der Waals surface area contributed by atoms with E-state index in [0.29, 0.717) is 22.7 Å². The first-order chi connectivity index (χ1) is 9.63. The molecule has 0 saturated carbocycles. The van der Waals surface area contributed by atoms with Gasteiger partial charge in [0, 0.05) is 16.5 Å². The molecular formula is C15H15NO3S. The number of ether oxygens (including phenoxy) is 2. The molecule has 104 valence electrons. The molecule has 0 aliphatic rings. The number of thiol groups is 1. The topological polar surface area (TPSA) is 47.6 Å². The molecule has 1 amide bonds. The number of anilines is 1. The van der Waals surface area contributed by atoms with Crippen molar-refractivity contribution in [1.29, 1.82) is 0 Å². The van der Waals surface area contributed by atoms with Gasteiger partial charge in [-0.15, -0.1) is 12.6 Å². The van der Waals surface area contributed by atoms with Crippen LogP contribution in [0, 0.1) is 0 Å². The molecule has 4 nitrogen and oxygen atoms in total. The molecule has 0 heterocycles. The Kier molecular flexibility index (Phi) is 4.53. The van der Waals surface area contributed by atoms with Crippen LogP contribution >= 0.6 is 12.6 Å². The lowest BCUT2D eigenvalue weighted by Crippen LogP contribution is -2.12. The van der Waals surface area contributed by atoms with Crippen LogP contribution < -0.4 is 14.8 Å². The van der Waals surface area contributed by atoms with Crippen LogP contribution in [0.5, 0.6) is 11.5 Å². The number of rotatable bonds is 4. The van der Waals surface area contributed by atoms with Crippen LogP contribution in [0.25, 0.3) is 0 Å². The Morgan fingerprint density at radius 3 is 2.35 bits per heavy atom. The number of hydrogen-bond acceptors (Lipinski definition) is 4. The van der Waals surface area contributed by atoms with Crippen molar-refractivity contribution in [3.63, 3.8) is 0 Å². The van der Waals surface area contributed by atoms with Gasteiger partial charge in [0.25, 0.3) is 5.91 Å². The standard InChI is InChI=1S/C15H15NO3S/c1-18-11-5-8-14(19-2)13(9-11)16-15(17)10-3-6-12(20)7-4-10/h3-9,20H,1-2H3,(H,16,17). The summed E-state index contributed by atoms with van der Waals surface area (Å²) in [5, 5.41) is 2.80. The van der Waals surface area contributed by atoms with Gasteiger partial charge in [-0.3, -0.25) is 4.79 Å². The molecule has 20 heavy (non-hydrogen) atoms. The highest BCUT2D eigenvalue weighted by molar-refractivity contribution is 7.80. The van der Waals surface area contributed by atoms with Gasteiger partial charge >= 0.3 is 0 Å². The number of carbonyl (C=O) groups is 1. The van der Waals surface area contributed by atoms with Crippen LogP contribution in [0.2, 0.25) is 0 Å². The number of nitrogens with one attached hydrogen (secondary N) is 1. The predicted octanol–water partition coefficient (Wildman–Crippen LogP) is 3.24. The highest BCUT2D eigenvalue weighted by atomic mass is 32.1. The van der Waals surface area contributed by atoms with Crippen molar-refractivity contribution in [2.24, 2.45) is 0 Å². The van der Waals surface area contributed by atoms with Crippen molar-refractivity contribution in [2.45, 2.75) is 4.90 Å². The van der Waals surface area contributed by atoms with Gasteiger partial charge in [0.15, 0.2) is 0 Å². The largest absolute Gasteiger partial charge is 0.497 e. The summed E-state index contributed by atoms with van der Waals surface area (Å²) in [6.07, 6.45) is 0. The Morgan fingerprint density at radius 1 is 1.05 bits per heavy atom. The van der Waals surface area contributed by atoms with Crippen molar-refractivity contribution in [3.8, 4) is 11.5 Å². The number of carbonyl (C=O) groups excluding carboxylic acids is 1. The van der Waals surface area contributed by atoms with E-state index in [1.807, 2.05) is 0 Å². The van der Waals surface area contributed by atoms with Gasteiger partial charge < -0.3 is 14.8 Å². The molecule has 0 aliphatic heterocycles. The molecule has 0 radical (unpaired) electrons. The van der Waals surface area contributed by atoms with Crippen molar-refractivity contribution < 1.29 is 14.3 Å². The third kappa shape index (κ3) is 3.24. The Hall–Kier alpha value is -2.14. The highest BCUT2D eigenvalue weighted by Gasteiger charge is 2.10. The molecule has 0 atom stereocenters. The Morgan fingerprint density at radius 2 is 1.75 bits per heavy atom. The zero-order valence-electron chi connectivity index (χ0n) is 11.2. The molecule has 0 aromatic heterocycles. The number of methoxy groups -OCH3 is 2. The second-order valence-corrected chi connectivity index (χ2v) is 4.58. The molecule has 2 rings (SSSR count). The van der Waals surface area contributed by atoms with Crippen LogP contribution in [-0.4, -0.2) is 20.1 Å². The van der Waals surface area contributed by atoms with Gasteiger partial charge in [0.05, 0.1) is 19.9 Å². The molecule has 0 fully saturated rings. The zero-order valence-corrected chi connectivity index (χ0v) is 12.1.